The molecule has 102 valence electrons. The Kier molecular flexibility index (Phi) is 7.44. The van der Waals surface area contributed by atoms with Crippen LogP contribution in [0.25, 0.3) is 0 Å². The van der Waals surface area contributed by atoms with Gasteiger partial charge >= 0.3 is 5.97 Å². The Morgan fingerprint density at radius 1 is 1.29 bits per heavy atom. The maximum atomic E-state index is 11.6. The maximum Gasteiger partial charge on any atom is 0.323 e. The van der Waals surface area contributed by atoms with Gasteiger partial charge in [0.15, 0.2) is 0 Å². The molecular formula is C14H29NO2. The zero-order chi connectivity index (χ0) is 13.5. The van der Waals surface area contributed by atoms with E-state index in [9.17, 15) is 9.90 Å². The number of hydrogen-bond donors (Lipinski definition) is 2. The predicted octanol–water partition coefficient (Wildman–Crippen LogP) is 3.43. The molecule has 17 heavy (non-hydrogen) atoms. The fourth-order valence-corrected chi connectivity index (χ4v) is 2.32. The summed E-state index contributed by atoms with van der Waals surface area (Å²) in [5, 5.41) is 12.9. The molecule has 0 aromatic heterocycles. The van der Waals surface area contributed by atoms with Gasteiger partial charge in [-0.1, -0.05) is 40.5 Å². The van der Waals surface area contributed by atoms with E-state index in [4.69, 9.17) is 0 Å². The van der Waals surface area contributed by atoms with E-state index in [-0.39, 0.29) is 6.04 Å². The fourth-order valence-electron chi connectivity index (χ4n) is 2.32. The lowest BCUT2D eigenvalue weighted by Crippen LogP contribution is -2.55. The van der Waals surface area contributed by atoms with Crippen molar-refractivity contribution in [2.75, 3.05) is 0 Å². The number of rotatable bonds is 9. The molecule has 0 rings (SSSR count). The average Bonchev–Trinajstić information content (AvgIpc) is 2.27. The van der Waals surface area contributed by atoms with Gasteiger partial charge in [0.1, 0.15) is 5.54 Å². The van der Waals surface area contributed by atoms with Crippen molar-refractivity contribution in [1.29, 1.82) is 0 Å². The highest BCUT2D eigenvalue weighted by atomic mass is 16.4. The minimum atomic E-state index is -0.746. The number of carbonyl (C=O) groups is 1. The van der Waals surface area contributed by atoms with Crippen LogP contribution >= 0.6 is 0 Å². The van der Waals surface area contributed by atoms with Crippen LogP contribution in [0.1, 0.15) is 66.7 Å². The first-order valence-electron chi connectivity index (χ1n) is 6.92. The van der Waals surface area contributed by atoms with E-state index in [1.54, 1.807) is 0 Å². The van der Waals surface area contributed by atoms with Crippen molar-refractivity contribution in [1.82, 2.24) is 5.32 Å². The van der Waals surface area contributed by atoms with Gasteiger partial charge in [0.25, 0.3) is 0 Å². The first-order valence-corrected chi connectivity index (χ1v) is 6.92. The van der Waals surface area contributed by atoms with Crippen LogP contribution in [0.3, 0.4) is 0 Å². The summed E-state index contributed by atoms with van der Waals surface area (Å²) in [5.41, 5.74) is -0.746. The highest BCUT2D eigenvalue weighted by Gasteiger charge is 2.38. The van der Waals surface area contributed by atoms with Crippen LogP contribution < -0.4 is 5.32 Å². The van der Waals surface area contributed by atoms with Gasteiger partial charge in [-0.2, -0.15) is 0 Å². The van der Waals surface area contributed by atoms with Gasteiger partial charge in [0.05, 0.1) is 0 Å². The minimum absolute atomic E-state index is 0.264. The second-order valence-corrected chi connectivity index (χ2v) is 5.29. The topological polar surface area (TPSA) is 49.3 Å². The average molecular weight is 243 g/mol. The molecule has 0 bridgehead atoms. The number of carboxylic acid groups (broad SMARTS) is 1. The molecule has 3 heteroatoms. The molecule has 0 aliphatic carbocycles. The molecule has 0 saturated carbocycles. The molecule has 0 heterocycles. The molecule has 0 saturated heterocycles. The van der Waals surface area contributed by atoms with Crippen molar-refractivity contribution in [3.05, 3.63) is 0 Å². The van der Waals surface area contributed by atoms with E-state index in [0.29, 0.717) is 18.8 Å². The van der Waals surface area contributed by atoms with E-state index < -0.39 is 11.5 Å². The molecule has 3 unspecified atom stereocenters. The van der Waals surface area contributed by atoms with Gasteiger partial charge in [-0.25, -0.2) is 0 Å². The zero-order valence-electron chi connectivity index (χ0n) is 12.0. The lowest BCUT2D eigenvalue weighted by Gasteiger charge is -2.34. The molecule has 0 amide bonds. The van der Waals surface area contributed by atoms with Crippen LogP contribution in [0, 0.1) is 5.92 Å². The highest BCUT2D eigenvalue weighted by Crippen LogP contribution is 2.24. The molecule has 0 fully saturated rings. The first kappa shape index (κ1) is 16.4. The monoisotopic (exact) mass is 243 g/mol. The third kappa shape index (κ3) is 5.07. The number of aliphatic carboxylic acids is 1. The Morgan fingerprint density at radius 2 is 1.88 bits per heavy atom. The number of carboxylic acids is 1. The van der Waals surface area contributed by atoms with Gasteiger partial charge in [0, 0.05) is 6.04 Å². The molecule has 0 aromatic carbocycles. The summed E-state index contributed by atoms with van der Waals surface area (Å²) in [6, 6.07) is 0.264. The highest BCUT2D eigenvalue weighted by molar-refractivity contribution is 5.78. The Bertz CT molecular complexity index is 230. The standard InChI is InChI=1S/C14H29NO2/c1-6-9-12(5)15-14(8-3,13(16)17)10-11(4)7-2/h11-12,15H,6-10H2,1-5H3,(H,16,17). The van der Waals surface area contributed by atoms with E-state index in [1.165, 1.54) is 0 Å². The minimum Gasteiger partial charge on any atom is -0.480 e. The molecule has 0 spiro atoms. The number of nitrogens with one attached hydrogen (secondary N) is 1. The largest absolute Gasteiger partial charge is 0.480 e. The predicted molar refractivity (Wildman–Crippen MR) is 72.2 cm³/mol. The van der Waals surface area contributed by atoms with Crippen LogP contribution in [-0.2, 0) is 4.79 Å². The van der Waals surface area contributed by atoms with Crippen LogP contribution in [-0.4, -0.2) is 22.7 Å². The van der Waals surface area contributed by atoms with Gasteiger partial charge in [0.2, 0.25) is 0 Å². The molecule has 0 aliphatic rings. The normalized spacial score (nSPS) is 18.4. The van der Waals surface area contributed by atoms with Crippen molar-refractivity contribution < 1.29 is 9.90 Å². The van der Waals surface area contributed by atoms with Gasteiger partial charge < -0.3 is 5.11 Å². The van der Waals surface area contributed by atoms with E-state index in [2.05, 4.69) is 33.0 Å². The van der Waals surface area contributed by atoms with Gasteiger partial charge in [-0.15, -0.1) is 0 Å². The second-order valence-electron chi connectivity index (χ2n) is 5.29. The Morgan fingerprint density at radius 3 is 2.24 bits per heavy atom. The lowest BCUT2D eigenvalue weighted by atomic mass is 9.84. The molecular weight excluding hydrogens is 214 g/mol. The van der Waals surface area contributed by atoms with E-state index >= 15 is 0 Å². The number of hydrogen-bond acceptors (Lipinski definition) is 2. The molecule has 0 aliphatic heterocycles. The van der Waals surface area contributed by atoms with E-state index in [1.807, 2.05) is 6.92 Å². The smallest absolute Gasteiger partial charge is 0.323 e. The van der Waals surface area contributed by atoms with Gasteiger partial charge in [-0.3, -0.25) is 10.1 Å². The third-order valence-electron chi connectivity index (χ3n) is 3.65. The lowest BCUT2D eigenvalue weighted by molar-refractivity contribution is -0.146. The summed E-state index contributed by atoms with van der Waals surface area (Å²) in [5.74, 6) is -0.268. The van der Waals surface area contributed by atoms with Crippen LogP contribution in [0.2, 0.25) is 0 Å². The van der Waals surface area contributed by atoms with Crippen molar-refractivity contribution >= 4 is 5.97 Å². The summed E-state index contributed by atoms with van der Waals surface area (Å²) in [6.07, 6.45) is 4.48. The summed E-state index contributed by atoms with van der Waals surface area (Å²) >= 11 is 0. The fraction of sp³-hybridized carbons (Fsp3) is 0.929. The molecule has 2 N–H and O–H groups in total. The van der Waals surface area contributed by atoms with Crippen molar-refractivity contribution in [3.63, 3.8) is 0 Å². The van der Waals surface area contributed by atoms with Crippen molar-refractivity contribution in [3.8, 4) is 0 Å². The zero-order valence-corrected chi connectivity index (χ0v) is 12.0. The Balaban J connectivity index is 4.76. The molecule has 0 radical (unpaired) electrons. The SMILES string of the molecule is CCCC(C)NC(CC)(CC(C)CC)C(=O)O. The maximum absolute atomic E-state index is 11.6. The van der Waals surface area contributed by atoms with Crippen LogP contribution in [0.4, 0.5) is 0 Å². The van der Waals surface area contributed by atoms with Crippen LogP contribution in [0.15, 0.2) is 0 Å². The van der Waals surface area contributed by atoms with Crippen molar-refractivity contribution in [2.24, 2.45) is 5.92 Å². The second kappa shape index (κ2) is 7.70. The summed E-state index contributed by atoms with van der Waals surface area (Å²) in [4.78, 5) is 11.6. The molecule has 3 atom stereocenters. The van der Waals surface area contributed by atoms with Gasteiger partial charge in [-0.05, 0) is 32.1 Å². The first-order chi connectivity index (χ1) is 7.91. The third-order valence-corrected chi connectivity index (χ3v) is 3.65. The summed E-state index contributed by atoms with van der Waals surface area (Å²) in [7, 11) is 0. The molecule has 3 nitrogen and oxygen atoms in total. The quantitative estimate of drug-likeness (QED) is 0.652. The Labute approximate surface area is 106 Å². The van der Waals surface area contributed by atoms with E-state index in [0.717, 1.165) is 19.3 Å². The molecule has 0 aromatic rings. The summed E-state index contributed by atoms with van der Waals surface area (Å²) < 4.78 is 0. The summed E-state index contributed by atoms with van der Waals surface area (Å²) in [6.45, 7) is 10.4. The van der Waals surface area contributed by atoms with Crippen molar-refractivity contribution in [2.45, 2.75) is 78.3 Å². The Hall–Kier alpha value is -0.570. The van der Waals surface area contributed by atoms with Crippen LogP contribution in [0.5, 0.6) is 0 Å².